The lowest BCUT2D eigenvalue weighted by Gasteiger charge is -2.11. The zero-order valence-electron chi connectivity index (χ0n) is 15.3. The second-order valence-electron chi connectivity index (χ2n) is 7.30. The molecule has 0 N–H and O–H groups in total. The highest BCUT2D eigenvalue weighted by atomic mass is 14.7. The van der Waals surface area contributed by atoms with E-state index in [9.17, 15) is 0 Å². The van der Waals surface area contributed by atoms with Crippen molar-refractivity contribution in [2.24, 2.45) is 0 Å². The Morgan fingerprint density at radius 1 is 0.429 bits per heavy atom. The third kappa shape index (κ3) is 2.30. The van der Waals surface area contributed by atoms with Gasteiger partial charge in [-0.05, 0) is 79.5 Å². The number of fused-ring (bicyclic) bond motifs is 5. The first-order valence-electron chi connectivity index (χ1n) is 9.56. The number of hydrogen-bond donors (Lipinski definition) is 0. The monoisotopic (exact) mass is 355 g/mol. The molecular weight excluding hydrogens is 338 g/mol. The van der Waals surface area contributed by atoms with Crippen molar-refractivity contribution in [3.8, 4) is 11.3 Å². The van der Waals surface area contributed by atoms with Gasteiger partial charge in [-0.2, -0.15) is 0 Å². The molecule has 0 aliphatic carbocycles. The van der Waals surface area contributed by atoms with Gasteiger partial charge in [0.25, 0.3) is 0 Å². The minimum Gasteiger partial charge on any atom is -0.256 e. The highest BCUT2D eigenvalue weighted by Crippen LogP contribution is 2.35. The SMILES string of the molecule is c1ccc(-c2cccc3cc4ccc5cc6ccccc6cc5c4cc23)nc1. The van der Waals surface area contributed by atoms with Crippen LogP contribution in [0.1, 0.15) is 0 Å². The quantitative estimate of drug-likeness (QED) is 0.222. The van der Waals surface area contributed by atoms with Crippen LogP contribution in [-0.2, 0) is 0 Å². The van der Waals surface area contributed by atoms with Crippen molar-refractivity contribution in [1.82, 2.24) is 4.98 Å². The number of benzene rings is 5. The molecule has 1 heteroatoms. The Bertz CT molecular complexity index is 1500. The molecule has 0 atom stereocenters. The molecule has 0 amide bonds. The summed E-state index contributed by atoms with van der Waals surface area (Å²) in [5, 5.41) is 10.2. The van der Waals surface area contributed by atoms with Crippen LogP contribution >= 0.6 is 0 Å². The van der Waals surface area contributed by atoms with Gasteiger partial charge in [0.15, 0.2) is 0 Å². The fourth-order valence-corrected chi connectivity index (χ4v) is 4.27. The van der Waals surface area contributed by atoms with E-state index < -0.39 is 0 Å². The minimum atomic E-state index is 1.01. The summed E-state index contributed by atoms with van der Waals surface area (Å²) in [7, 11) is 0. The Labute approximate surface area is 162 Å². The third-order valence-corrected chi connectivity index (χ3v) is 5.64. The number of aromatic nitrogens is 1. The van der Waals surface area contributed by atoms with Gasteiger partial charge in [-0.15, -0.1) is 0 Å². The van der Waals surface area contributed by atoms with Crippen molar-refractivity contribution in [3.63, 3.8) is 0 Å². The summed E-state index contributed by atoms with van der Waals surface area (Å²) in [5.41, 5.74) is 2.19. The average molecular weight is 355 g/mol. The van der Waals surface area contributed by atoms with Gasteiger partial charge in [0.1, 0.15) is 0 Å². The van der Waals surface area contributed by atoms with Gasteiger partial charge in [0.2, 0.25) is 0 Å². The molecule has 1 heterocycles. The molecule has 0 saturated carbocycles. The molecule has 0 spiro atoms. The molecule has 1 aromatic heterocycles. The summed E-state index contributed by atoms with van der Waals surface area (Å²) in [5.74, 6) is 0. The molecule has 0 radical (unpaired) electrons. The fourth-order valence-electron chi connectivity index (χ4n) is 4.27. The lowest BCUT2D eigenvalue weighted by molar-refractivity contribution is 1.33. The van der Waals surface area contributed by atoms with Crippen LogP contribution in [0.15, 0.2) is 103 Å². The van der Waals surface area contributed by atoms with Crippen LogP contribution in [0, 0.1) is 0 Å². The zero-order valence-corrected chi connectivity index (χ0v) is 15.3. The third-order valence-electron chi connectivity index (χ3n) is 5.64. The summed E-state index contributed by atoms with van der Waals surface area (Å²) in [4.78, 5) is 4.58. The first-order valence-corrected chi connectivity index (χ1v) is 9.56. The Kier molecular flexibility index (Phi) is 3.24. The molecule has 0 bridgehead atoms. The lowest BCUT2D eigenvalue weighted by atomic mass is 9.94. The van der Waals surface area contributed by atoms with Crippen molar-refractivity contribution >= 4 is 43.1 Å². The van der Waals surface area contributed by atoms with Crippen LogP contribution in [-0.4, -0.2) is 4.98 Å². The Morgan fingerprint density at radius 3 is 1.86 bits per heavy atom. The maximum atomic E-state index is 4.58. The van der Waals surface area contributed by atoms with Gasteiger partial charge in [0.05, 0.1) is 5.69 Å². The van der Waals surface area contributed by atoms with Crippen LogP contribution in [0.4, 0.5) is 0 Å². The van der Waals surface area contributed by atoms with E-state index in [2.05, 4.69) is 89.9 Å². The molecule has 130 valence electrons. The van der Waals surface area contributed by atoms with Crippen molar-refractivity contribution in [2.75, 3.05) is 0 Å². The van der Waals surface area contributed by atoms with Gasteiger partial charge >= 0.3 is 0 Å². The van der Waals surface area contributed by atoms with Crippen molar-refractivity contribution < 1.29 is 0 Å². The Morgan fingerprint density at radius 2 is 1.07 bits per heavy atom. The molecule has 6 aromatic rings. The smallest absolute Gasteiger partial charge is 0.0708 e. The summed E-state index contributed by atoms with van der Waals surface area (Å²) in [6, 6.07) is 34.8. The maximum Gasteiger partial charge on any atom is 0.0708 e. The normalized spacial score (nSPS) is 11.6. The second-order valence-corrected chi connectivity index (χ2v) is 7.30. The van der Waals surface area contributed by atoms with E-state index in [1.807, 2.05) is 18.3 Å². The van der Waals surface area contributed by atoms with E-state index in [-0.39, 0.29) is 0 Å². The molecule has 6 rings (SSSR count). The van der Waals surface area contributed by atoms with Crippen LogP contribution in [0.2, 0.25) is 0 Å². The highest BCUT2D eigenvalue weighted by molar-refractivity contribution is 6.16. The molecule has 28 heavy (non-hydrogen) atoms. The molecule has 0 fully saturated rings. The second kappa shape index (κ2) is 5.90. The molecule has 0 unspecified atom stereocenters. The van der Waals surface area contributed by atoms with Gasteiger partial charge in [0, 0.05) is 11.8 Å². The summed E-state index contributed by atoms with van der Waals surface area (Å²) in [6.07, 6.45) is 1.86. The number of pyridine rings is 1. The van der Waals surface area contributed by atoms with E-state index in [4.69, 9.17) is 0 Å². The molecule has 0 saturated heterocycles. The van der Waals surface area contributed by atoms with E-state index in [1.54, 1.807) is 0 Å². The Hall–Kier alpha value is -3.71. The van der Waals surface area contributed by atoms with Crippen molar-refractivity contribution in [1.29, 1.82) is 0 Å². The number of rotatable bonds is 1. The molecular formula is C27H17N. The van der Waals surface area contributed by atoms with Crippen LogP contribution in [0.25, 0.3) is 54.3 Å². The van der Waals surface area contributed by atoms with Crippen LogP contribution < -0.4 is 0 Å². The standard InChI is InChI=1S/C27H17N/c1-2-7-19-16-24-21(14-18(19)6-1)11-12-22-15-20-8-5-9-23(25(20)17-26(22)24)27-10-3-4-13-28-27/h1-17H. The predicted octanol–water partition coefficient (Wildman–Crippen LogP) is 7.36. The maximum absolute atomic E-state index is 4.58. The highest BCUT2D eigenvalue weighted by Gasteiger charge is 2.09. The van der Waals surface area contributed by atoms with Crippen LogP contribution in [0.5, 0.6) is 0 Å². The van der Waals surface area contributed by atoms with E-state index in [1.165, 1.54) is 48.7 Å². The number of nitrogens with zero attached hydrogens (tertiary/aromatic N) is 1. The minimum absolute atomic E-state index is 1.01. The summed E-state index contributed by atoms with van der Waals surface area (Å²) < 4.78 is 0. The fraction of sp³-hybridized carbons (Fsp3) is 0. The van der Waals surface area contributed by atoms with Gasteiger partial charge in [-0.3, -0.25) is 4.98 Å². The number of hydrogen-bond acceptors (Lipinski definition) is 1. The molecule has 0 aliphatic heterocycles. The summed E-state index contributed by atoms with van der Waals surface area (Å²) in [6.45, 7) is 0. The van der Waals surface area contributed by atoms with E-state index >= 15 is 0 Å². The van der Waals surface area contributed by atoms with Crippen molar-refractivity contribution in [3.05, 3.63) is 103 Å². The predicted molar refractivity (Wildman–Crippen MR) is 120 cm³/mol. The molecule has 0 aliphatic rings. The molecule has 5 aromatic carbocycles. The first kappa shape index (κ1) is 15.4. The average Bonchev–Trinajstić information content (AvgIpc) is 2.76. The van der Waals surface area contributed by atoms with Gasteiger partial charge in [-0.1, -0.05) is 60.7 Å². The van der Waals surface area contributed by atoms with E-state index in [0.717, 1.165) is 5.69 Å². The topological polar surface area (TPSA) is 12.9 Å². The first-order chi connectivity index (χ1) is 13.9. The summed E-state index contributed by atoms with van der Waals surface area (Å²) >= 11 is 0. The van der Waals surface area contributed by atoms with Crippen molar-refractivity contribution in [2.45, 2.75) is 0 Å². The zero-order chi connectivity index (χ0) is 18.5. The van der Waals surface area contributed by atoms with Gasteiger partial charge in [-0.25, -0.2) is 0 Å². The van der Waals surface area contributed by atoms with Gasteiger partial charge < -0.3 is 0 Å². The molecule has 1 nitrogen and oxygen atoms in total. The van der Waals surface area contributed by atoms with E-state index in [0.29, 0.717) is 0 Å². The largest absolute Gasteiger partial charge is 0.256 e. The Balaban J connectivity index is 1.75. The van der Waals surface area contributed by atoms with Crippen LogP contribution in [0.3, 0.4) is 0 Å². The lowest BCUT2D eigenvalue weighted by Crippen LogP contribution is -1.86.